The lowest BCUT2D eigenvalue weighted by Crippen LogP contribution is -2.14. The maximum atomic E-state index is 12.3. The maximum Gasteiger partial charge on any atom is 0.164 e. The summed E-state index contributed by atoms with van der Waals surface area (Å²) in [4.78, 5) is 24.0. The Morgan fingerprint density at radius 2 is 1.67 bits per heavy atom. The number of carbonyl (C=O) groups excluding carboxylic acids is 2. The molecule has 4 nitrogen and oxygen atoms in total. The zero-order chi connectivity index (χ0) is 15.4. The molecular formula is C17H16O4. The van der Waals surface area contributed by atoms with Crippen molar-refractivity contribution in [1.82, 2.24) is 0 Å². The van der Waals surface area contributed by atoms with Crippen LogP contribution in [0.15, 0.2) is 48.5 Å². The fourth-order valence-electron chi connectivity index (χ4n) is 2.18. The van der Waals surface area contributed by atoms with Crippen LogP contribution < -0.4 is 0 Å². The molecule has 2 N–H and O–H groups in total. The molecular weight excluding hydrogens is 268 g/mol. The van der Waals surface area contributed by atoms with Crippen LogP contribution in [0.25, 0.3) is 0 Å². The Morgan fingerprint density at radius 3 is 2.24 bits per heavy atom. The summed E-state index contributed by atoms with van der Waals surface area (Å²) in [5.74, 6) is -1.47. The number of ketones is 2. The third-order valence-corrected chi connectivity index (χ3v) is 3.38. The number of carbonyl (C=O) groups is 2. The van der Waals surface area contributed by atoms with Crippen molar-refractivity contribution < 1.29 is 19.8 Å². The van der Waals surface area contributed by atoms with Crippen LogP contribution in [0.1, 0.15) is 35.2 Å². The molecule has 4 heteroatoms. The van der Waals surface area contributed by atoms with Gasteiger partial charge in [0.15, 0.2) is 17.3 Å². The number of hydrogen-bond donors (Lipinski definition) is 2. The van der Waals surface area contributed by atoms with Gasteiger partial charge in [-0.25, -0.2) is 0 Å². The van der Waals surface area contributed by atoms with Gasteiger partial charge in [-0.05, 0) is 30.7 Å². The van der Waals surface area contributed by atoms with Gasteiger partial charge in [0, 0.05) is 17.9 Å². The van der Waals surface area contributed by atoms with Crippen molar-refractivity contribution in [3.8, 4) is 11.5 Å². The van der Waals surface area contributed by atoms with Crippen LogP contribution in [0.3, 0.4) is 0 Å². The molecule has 0 amide bonds. The Bertz CT molecular complexity index is 662. The van der Waals surface area contributed by atoms with Gasteiger partial charge in [-0.1, -0.05) is 30.3 Å². The topological polar surface area (TPSA) is 74.6 Å². The summed E-state index contributed by atoms with van der Waals surface area (Å²) >= 11 is 0. The SMILES string of the molecule is CC(=O)C(CC(=O)c1ccc(O)c(O)c1)c1ccccc1. The normalized spacial score (nSPS) is 11.9. The fraction of sp³-hybridized carbons (Fsp3) is 0.176. The van der Waals surface area contributed by atoms with E-state index in [1.54, 1.807) is 0 Å². The molecule has 2 aromatic carbocycles. The average Bonchev–Trinajstić information content (AvgIpc) is 2.48. The number of benzene rings is 2. The highest BCUT2D eigenvalue weighted by molar-refractivity contribution is 6.00. The van der Waals surface area contributed by atoms with E-state index in [9.17, 15) is 19.8 Å². The first-order valence-electron chi connectivity index (χ1n) is 6.59. The number of aromatic hydroxyl groups is 2. The van der Waals surface area contributed by atoms with Crippen molar-refractivity contribution >= 4 is 11.6 Å². The van der Waals surface area contributed by atoms with Crippen molar-refractivity contribution in [3.63, 3.8) is 0 Å². The van der Waals surface area contributed by atoms with E-state index in [0.29, 0.717) is 0 Å². The number of rotatable bonds is 5. The zero-order valence-electron chi connectivity index (χ0n) is 11.6. The summed E-state index contributed by atoms with van der Waals surface area (Å²) in [6.45, 7) is 1.46. The summed E-state index contributed by atoms with van der Waals surface area (Å²) in [5, 5.41) is 18.7. The van der Waals surface area contributed by atoms with Gasteiger partial charge in [-0.2, -0.15) is 0 Å². The second-order valence-electron chi connectivity index (χ2n) is 4.90. The summed E-state index contributed by atoms with van der Waals surface area (Å²) in [6.07, 6.45) is 0.0313. The number of phenolic OH excluding ortho intramolecular Hbond substituents is 2. The summed E-state index contributed by atoms with van der Waals surface area (Å²) in [6, 6.07) is 13.0. The highest BCUT2D eigenvalue weighted by Gasteiger charge is 2.21. The third-order valence-electron chi connectivity index (χ3n) is 3.38. The Labute approximate surface area is 122 Å². The lowest BCUT2D eigenvalue weighted by Gasteiger charge is -2.13. The molecule has 2 rings (SSSR count). The van der Waals surface area contributed by atoms with Gasteiger partial charge in [0.05, 0.1) is 0 Å². The van der Waals surface area contributed by atoms with Crippen LogP contribution in [0, 0.1) is 0 Å². The van der Waals surface area contributed by atoms with Crippen LogP contribution in [0.5, 0.6) is 11.5 Å². The molecule has 0 saturated carbocycles. The molecule has 2 aromatic rings. The van der Waals surface area contributed by atoms with Gasteiger partial charge in [-0.15, -0.1) is 0 Å². The largest absolute Gasteiger partial charge is 0.504 e. The van der Waals surface area contributed by atoms with Crippen LogP contribution in [0.4, 0.5) is 0 Å². The first-order chi connectivity index (χ1) is 9.99. The summed E-state index contributed by atoms with van der Waals surface area (Å²) in [5.41, 5.74) is 1.06. The van der Waals surface area contributed by atoms with E-state index in [-0.39, 0.29) is 35.0 Å². The molecule has 0 radical (unpaired) electrons. The van der Waals surface area contributed by atoms with Crippen molar-refractivity contribution in [1.29, 1.82) is 0 Å². The molecule has 0 heterocycles. The lowest BCUT2D eigenvalue weighted by atomic mass is 9.89. The van der Waals surface area contributed by atoms with Crippen LogP contribution in [-0.4, -0.2) is 21.8 Å². The molecule has 0 spiro atoms. The number of phenols is 2. The van der Waals surface area contributed by atoms with Crippen molar-refractivity contribution in [3.05, 3.63) is 59.7 Å². The molecule has 0 aliphatic rings. The minimum atomic E-state index is -0.505. The van der Waals surface area contributed by atoms with Gasteiger partial charge in [-0.3, -0.25) is 9.59 Å². The Kier molecular flexibility index (Phi) is 4.38. The lowest BCUT2D eigenvalue weighted by molar-refractivity contribution is -0.118. The van der Waals surface area contributed by atoms with E-state index in [1.807, 2.05) is 30.3 Å². The molecule has 0 aliphatic carbocycles. The van der Waals surface area contributed by atoms with Gasteiger partial charge >= 0.3 is 0 Å². The van der Waals surface area contributed by atoms with E-state index in [1.165, 1.54) is 25.1 Å². The minimum Gasteiger partial charge on any atom is -0.504 e. The van der Waals surface area contributed by atoms with Crippen LogP contribution >= 0.6 is 0 Å². The second kappa shape index (κ2) is 6.22. The molecule has 21 heavy (non-hydrogen) atoms. The second-order valence-corrected chi connectivity index (χ2v) is 4.90. The predicted octanol–water partition coefficient (Wildman–Crippen LogP) is 3.04. The smallest absolute Gasteiger partial charge is 0.164 e. The van der Waals surface area contributed by atoms with Crippen molar-refractivity contribution in [2.45, 2.75) is 19.3 Å². The standard InChI is InChI=1S/C17H16O4/c1-11(18)14(12-5-3-2-4-6-12)10-16(20)13-7-8-15(19)17(21)9-13/h2-9,14,19,21H,10H2,1H3. The monoisotopic (exact) mass is 284 g/mol. The van der Waals surface area contributed by atoms with E-state index < -0.39 is 5.92 Å². The molecule has 0 aromatic heterocycles. The Hall–Kier alpha value is -2.62. The van der Waals surface area contributed by atoms with Gasteiger partial charge in [0.1, 0.15) is 5.78 Å². The van der Waals surface area contributed by atoms with E-state index in [4.69, 9.17) is 0 Å². The van der Waals surface area contributed by atoms with Crippen molar-refractivity contribution in [2.24, 2.45) is 0 Å². The van der Waals surface area contributed by atoms with Gasteiger partial charge in [0.25, 0.3) is 0 Å². The third kappa shape index (κ3) is 3.48. The number of hydrogen-bond acceptors (Lipinski definition) is 4. The van der Waals surface area contributed by atoms with Crippen molar-refractivity contribution in [2.75, 3.05) is 0 Å². The molecule has 0 bridgehead atoms. The van der Waals surface area contributed by atoms with E-state index in [2.05, 4.69) is 0 Å². The summed E-state index contributed by atoms with van der Waals surface area (Å²) < 4.78 is 0. The fourth-order valence-corrected chi connectivity index (χ4v) is 2.18. The molecule has 0 fully saturated rings. The minimum absolute atomic E-state index is 0.0313. The average molecular weight is 284 g/mol. The van der Waals surface area contributed by atoms with Gasteiger partial charge in [0.2, 0.25) is 0 Å². The predicted molar refractivity (Wildman–Crippen MR) is 78.6 cm³/mol. The van der Waals surface area contributed by atoms with Crippen LogP contribution in [-0.2, 0) is 4.79 Å². The summed E-state index contributed by atoms with van der Waals surface area (Å²) in [7, 11) is 0. The Morgan fingerprint density at radius 1 is 1.00 bits per heavy atom. The molecule has 1 unspecified atom stereocenters. The number of Topliss-reactive ketones (excluding diaryl/α,β-unsaturated/α-hetero) is 2. The maximum absolute atomic E-state index is 12.3. The molecule has 0 aliphatic heterocycles. The van der Waals surface area contributed by atoms with Gasteiger partial charge < -0.3 is 10.2 Å². The molecule has 1 atom stereocenters. The zero-order valence-corrected chi connectivity index (χ0v) is 11.6. The Balaban J connectivity index is 2.23. The first-order valence-corrected chi connectivity index (χ1v) is 6.59. The highest BCUT2D eigenvalue weighted by Crippen LogP contribution is 2.28. The quantitative estimate of drug-likeness (QED) is 0.653. The molecule has 0 saturated heterocycles. The highest BCUT2D eigenvalue weighted by atomic mass is 16.3. The van der Waals surface area contributed by atoms with E-state index >= 15 is 0 Å². The van der Waals surface area contributed by atoms with E-state index in [0.717, 1.165) is 5.56 Å². The van der Waals surface area contributed by atoms with Crippen LogP contribution in [0.2, 0.25) is 0 Å². The molecule has 108 valence electrons. The first kappa shape index (κ1) is 14.8.